The number of rotatable bonds is 2. The number of nitrogens with two attached hydrogens (primary N) is 1. The molecule has 0 heterocycles. The Hall–Kier alpha value is -1.55. The van der Waals surface area contributed by atoms with Crippen molar-refractivity contribution < 1.29 is 9.53 Å². The summed E-state index contributed by atoms with van der Waals surface area (Å²) >= 11 is 11.3. The van der Waals surface area contributed by atoms with Crippen molar-refractivity contribution in [2.75, 3.05) is 0 Å². The molecule has 23 heavy (non-hydrogen) atoms. The van der Waals surface area contributed by atoms with E-state index in [4.69, 9.17) is 33.7 Å². The number of hydrogen-bond donors (Lipinski definition) is 1. The zero-order valence-corrected chi connectivity index (χ0v) is 14.1. The summed E-state index contributed by atoms with van der Waals surface area (Å²) in [6.07, 6.45) is 2.05. The van der Waals surface area contributed by atoms with Crippen LogP contribution < -0.4 is 10.5 Å². The van der Waals surface area contributed by atoms with Crippen LogP contribution >= 0.6 is 23.2 Å². The van der Waals surface area contributed by atoms with Crippen LogP contribution in [0.15, 0.2) is 54.6 Å². The minimum Gasteiger partial charge on any atom is -0.483 e. The van der Waals surface area contributed by atoms with E-state index in [1.807, 2.05) is 30.3 Å². The monoisotopic (exact) mass is 351 g/mol. The van der Waals surface area contributed by atoms with Crippen LogP contribution in [0.2, 0.25) is 10.0 Å². The third-order valence-corrected chi connectivity index (χ3v) is 3.99. The lowest BCUT2D eigenvalue weighted by atomic mass is 9.92. The van der Waals surface area contributed by atoms with Gasteiger partial charge >= 0.3 is 0 Å². The largest absolute Gasteiger partial charge is 0.483 e. The average Bonchev–Trinajstić information content (AvgIpc) is 2.55. The van der Waals surface area contributed by atoms with Gasteiger partial charge in [0.05, 0.1) is 6.04 Å². The van der Waals surface area contributed by atoms with Gasteiger partial charge in [-0.3, -0.25) is 4.79 Å². The highest BCUT2D eigenvalue weighted by Crippen LogP contribution is 2.22. The lowest BCUT2D eigenvalue weighted by molar-refractivity contribution is -0.129. The van der Waals surface area contributed by atoms with Gasteiger partial charge in [0.15, 0.2) is 11.9 Å². The minimum atomic E-state index is -0.398. The van der Waals surface area contributed by atoms with Gasteiger partial charge in [-0.1, -0.05) is 41.4 Å². The average molecular weight is 352 g/mol. The quantitative estimate of drug-likeness (QED) is 0.865. The van der Waals surface area contributed by atoms with Crippen molar-refractivity contribution in [3.05, 3.63) is 64.6 Å². The molecule has 3 nitrogen and oxygen atoms in total. The molecular weight excluding hydrogens is 333 g/mol. The Balaban J connectivity index is 0.000000229. The zero-order valence-electron chi connectivity index (χ0n) is 12.6. The Morgan fingerprint density at radius 3 is 2.09 bits per heavy atom. The maximum atomic E-state index is 11.7. The number of Topliss-reactive ketones (excluding diaryl/α,β-unsaturated/α-hetero) is 1. The second kappa shape index (κ2) is 8.92. The Labute approximate surface area is 146 Å². The summed E-state index contributed by atoms with van der Waals surface area (Å²) in [6, 6.07) is 16.1. The molecule has 0 aliphatic heterocycles. The molecule has 1 fully saturated rings. The number of carbonyl (C=O) groups is 1. The van der Waals surface area contributed by atoms with E-state index in [-0.39, 0.29) is 11.8 Å². The van der Waals surface area contributed by atoms with E-state index in [0.29, 0.717) is 10.8 Å². The molecule has 0 amide bonds. The van der Waals surface area contributed by atoms with E-state index in [2.05, 4.69) is 0 Å². The highest BCUT2D eigenvalue weighted by Gasteiger charge is 2.30. The van der Waals surface area contributed by atoms with Gasteiger partial charge in [0, 0.05) is 10.0 Å². The summed E-state index contributed by atoms with van der Waals surface area (Å²) in [5.41, 5.74) is 5.70. The molecule has 2 N–H and O–H groups in total. The van der Waals surface area contributed by atoms with Crippen molar-refractivity contribution in [1.82, 2.24) is 0 Å². The van der Waals surface area contributed by atoms with E-state index < -0.39 is 6.10 Å². The van der Waals surface area contributed by atoms with Gasteiger partial charge in [-0.15, -0.1) is 0 Å². The van der Waals surface area contributed by atoms with E-state index in [1.165, 1.54) is 0 Å². The van der Waals surface area contributed by atoms with Crippen LogP contribution in [0.1, 0.15) is 19.3 Å². The SMILES string of the molecule is Clc1ccccc1.NC1CCCC(Oc2ccc(Cl)cc2)C1=O. The van der Waals surface area contributed by atoms with E-state index >= 15 is 0 Å². The third kappa shape index (κ3) is 5.87. The Morgan fingerprint density at radius 1 is 0.913 bits per heavy atom. The molecule has 2 aromatic carbocycles. The number of benzene rings is 2. The standard InChI is InChI=1S/C12H14ClNO2.C6H5Cl/c13-8-4-6-9(7-5-8)16-11-3-1-2-10(14)12(11)15;7-6-4-2-1-3-5-6/h4-7,10-11H,1-3,14H2;1-5H. The van der Waals surface area contributed by atoms with Crippen LogP contribution in [-0.4, -0.2) is 17.9 Å². The van der Waals surface area contributed by atoms with Crippen LogP contribution in [-0.2, 0) is 4.79 Å². The molecule has 1 aliphatic rings. The molecule has 1 saturated carbocycles. The van der Waals surface area contributed by atoms with E-state index in [1.54, 1.807) is 24.3 Å². The van der Waals surface area contributed by atoms with Crippen molar-refractivity contribution in [1.29, 1.82) is 0 Å². The van der Waals surface area contributed by atoms with Gasteiger partial charge in [-0.25, -0.2) is 0 Å². The topological polar surface area (TPSA) is 52.3 Å². The lowest BCUT2D eigenvalue weighted by Gasteiger charge is -2.25. The van der Waals surface area contributed by atoms with Gasteiger partial charge in [-0.2, -0.15) is 0 Å². The summed E-state index contributed by atoms with van der Waals surface area (Å²) in [7, 11) is 0. The molecule has 0 spiro atoms. The maximum absolute atomic E-state index is 11.7. The second-order valence-electron chi connectivity index (χ2n) is 5.30. The number of halogens is 2. The molecular formula is C18H19Cl2NO2. The number of hydrogen-bond acceptors (Lipinski definition) is 3. The van der Waals surface area contributed by atoms with Gasteiger partial charge < -0.3 is 10.5 Å². The van der Waals surface area contributed by atoms with Crippen molar-refractivity contribution in [3.8, 4) is 5.75 Å². The van der Waals surface area contributed by atoms with Crippen LogP contribution in [0.4, 0.5) is 0 Å². The molecule has 122 valence electrons. The van der Waals surface area contributed by atoms with Gasteiger partial charge in [0.1, 0.15) is 5.75 Å². The summed E-state index contributed by atoms with van der Waals surface area (Å²) in [6.45, 7) is 0. The fourth-order valence-corrected chi connectivity index (χ4v) is 2.53. The van der Waals surface area contributed by atoms with Crippen molar-refractivity contribution >= 4 is 29.0 Å². The fourth-order valence-electron chi connectivity index (χ4n) is 2.26. The van der Waals surface area contributed by atoms with Gasteiger partial charge in [0.25, 0.3) is 0 Å². The number of ketones is 1. The fraction of sp³-hybridized carbons (Fsp3) is 0.278. The van der Waals surface area contributed by atoms with E-state index in [9.17, 15) is 4.79 Å². The molecule has 5 heteroatoms. The molecule has 0 aromatic heterocycles. The first-order valence-corrected chi connectivity index (χ1v) is 8.24. The first-order chi connectivity index (χ1) is 11.1. The van der Waals surface area contributed by atoms with Gasteiger partial charge in [-0.05, 0) is 55.7 Å². The molecule has 2 atom stereocenters. The van der Waals surface area contributed by atoms with Crippen molar-refractivity contribution in [2.45, 2.75) is 31.4 Å². The predicted octanol–water partition coefficient (Wildman–Crippen LogP) is 4.51. The molecule has 2 unspecified atom stereocenters. The molecule has 0 radical (unpaired) electrons. The molecule has 1 aliphatic carbocycles. The number of carbonyl (C=O) groups excluding carboxylic acids is 1. The molecule has 0 bridgehead atoms. The summed E-state index contributed by atoms with van der Waals surface area (Å²) in [4.78, 5) is 11.7. The molecule has 2 aromatic rings. The van der Waals surface area contributed by atoms with Crippen molar-refractivity contribution in [2.24, 2.45) is 5.73 Å². The Morgan fingerprint density at radius 2 is 1.52 bits per heavy atom. The van der Waals surface area contributed by atoms with Crippen LogP contribution in [0.3, 0.4) is 0 Å². The minimum absolute atomic E-state index is 0.00111. The third-order valence-electron chi connectivity index (χ3n) is 3.49. The second-order valence-corrected chi connectivity index (χ2v) is 6.17. The summed E-state index contributed by atoms with van der Waals surface area (Å²) in [5, 5.41) is 1.45. The summed E-state index contributed by atoms with van der Waals surface area (Å²) < 4.78 is 5.60. The first-order valence-electron chi connectivity index (χ1n) is 7.48. The highest BCUT2D eigenvalue weighted by atomic mass is 35.5. The smallest absolute Gasteiger partial charge is 0.189 e. The summed E-state index contributed by atoms with van der Waals surface area (Å²) in [5.74, 6) is 0.665. The Kier molecular flexibility index (Phi) is 6.90. The van der Waals surface area contributed by atoms with Crippen LogP contribution in [0, 0.1) is 0 Å². The zero-order chi connectivity index (χ0) is 16.7. The molecule has 3 rings (SSSR count). The van der Waals surface area contributed by atoms with E-state index in [0.717, 1.165) is 24.3 Å². The highest BCUT2D eigenvalue weighted by molar-refractivity contribution is 6.30. The van der Waals surface area contributed by atoms with Crippen LogP contribution in [0.5, 0.6) is 5.75 Å². The van der Waals surface area contributed by atoms with Crippen LogP contribution in [0.25, 0.3) is 0 Å². The Bertz CT molecular complexity index is 617. The van der Waals surface area contributed by atoms with Crippen molar-refractivity contribution in [3.63, 3.8) is 0 Å². The number of ether oxygens (including phenoxy) is 1. The molecule has 0 saturated heterocycles. The normalized spacial score (nSPS) is 20.4. The maximum Gasteiger partial charge on any atom is 0.189 e. The van der Waals surface area contributed by atoms with Gasteiger partial charge in [0.2, 0.25) is 0 Å². The predicted molar refractivity (Wildman–Crippen MR) is 94.2 cm³/mol. The first kappa shape index (κ1) is 17.8. The lowest BCUT2D eigenvalue weighted by Crippen LogP contribution is -2.44.